The molecule has 0 bridgehead atoms. The van der Waals surface area contributed by atoms with E-state index < -0.39 is 0 Å². The molecule has 2 heterocycles. The van der Waals surface area contributed by atoms with E-state index in [4.69, 9.17) is 4.42 Å². The number of hydrogen-bond acceptors (Lipinski definition) is 3. The van der Waals surface area contributed by atoms with Gasteiger partial charge in [0, 0.05) is 48.8 Å². The molecule has 2 aromatic heterocycles. The largest absolute Gasteiger partial charge is 0.459 e. The molecule has 0 radical (unpaired) electrons. The van der Waals surface area contributed by atoms with Crippen molar-refractivity contribution >= 4 is 46.7 Å². The standard InChI is InChI=1S/C24H33N5O2.HI/c1-4-18-8-6-9-20-19(16-29-21(18)20)10-14-28-24(25-5-2)27-13-7-12-26-23(30)22-17(3)11-15-31-22;/h6,8-9,11,15-16,29H,4-5,7,10,12-14H2,1-3H3,(H,26,30)(H2,25,27,28);1H. The normalized spacial score (nSPS) is 11.3. The Hall–Kier alpha value is -2.49. The number of rotatable bonds is 10. The van der Waals surface area contributed by atoms with Gasteiger partial charge in [0.15, 0.2) is 11.7 Å². The van der Waals surface area contributed by atoms with Crippen molar-refractivity contribution in [3.8, 4) is 0 Å². The Kier molecular flexibility index (Phi) is 10.6. The first-order valence-electron chi connectivity index (χ1n) is 11.1. The van der Waals surface area contributed by atoms with E-state index in [-0.39, 0.29) is 29.9 Å². The minimum absolute atomic E-state index is 0. The zero-order valence-electron chi connectivity index (χ0n) is 19.1. The van der Waals surface area contributed by atoms with Crippen molar-refractivity contribution in [3.05, 3.63) is 59.2 Å². The van der Waals surface area contributed by atoms with Crippen LogP contribution in [0.5, 0.6) is 0 Å². The van der Waals surface area contributed by atoms with Crippen LogP contribution in [0.15, 0.2) is 46.1 Å². The molecule has 1 aromatic carbocycles. The molecule has 0 aliphatic carbocycles. The second-order valence-electron chi connectivity index (χ2n) is 7.49. The maximum Gasteiger partial charge on any atom is 0.287 e. The molecule has 4 N–H and O–H groups in total. The number of aromatic nitrogens is 1. The number of guanidine groups is 1. The van der Waals surface area contributed by atoms with Crippen molar-refractivity contribution in [1.82, 2.24) is 20.9 Å². The quantitative estimate of drug-likeness (QED) is 0.132. The number of para-hydroxylation sites is 1. The molecule has 0 aliphatic rings. The summed E-state index contributed by atoms with van der Waals surface area (Å²) in [6, 6.07) is 8.27. The molecule has 3 rings (SSSR count). The van der Waals surface area contributed by atoms with Gasteiger partial charge in [-0.1, -0.05) is 25.1 Å². The maximum atomic E-state index is 12.0. The second kappa shape index (κ2) is 13.1. The number of aliphatic imine (C=N–C) groups is 1. The van der Waals surface area contributed by atoms with Crippen LogP contribution < -0.4 is 16.0 Å². The molecule has 3 aromatic rings. The van der Waals surface area contributed by atoms with E-state index in [1.807, 2.05) is 6.92 Å². The van der Waals surface area contributed by atoms with E-state index in [0.717, 1.165) is 43.9 Å². The summed E-state index contributed by atoms with van der Waals surface area (Å²) in [7, 11) is 0. The number of furan rings is 1. The Morgan fingerprint density at radius 1 is 1.09 bits per heavy atom. The summed E-state index contributed by atoms with van der Waals surface area (Å²) in [5.41, 5.74) is 4.74. The fourth-order valence-corrected chi connectivity index (χ4v) is 3.59. The number of halogens is 1. The van der Waals surface area contributed by atoms with Gasteiger partial charge in [-0.05, 0) is 50.3 Å². The average Bonchev–Trinajstić information content (AvgIpc) is 3.39. The molecule has 0 atom stereocenters. The van der Waals surface area contributed by atoms with Crippen LogP contribution in [0.3, 0.4) is 0 Å². The summed E-state index contributed by atoms with van der Waals surface area (Å²) in [6.07, 6.45) is 6.33. The van der Waals surface area contributed by atoms with E-state index >= 15 is 0 Å². The van der Waals surface area contributed by atoms with Crippen LogP contribution in [0.2, 0.25) is 0 Å². The second-order valence-corrected chi connectivity index (χ2v) is 7.49. The molecule has 0 aliphatic heterocycles. The summed E-state index contributed by atoms with van der Waals surface area (Å²) in [6.45, 7) is 8.86. The van der Waals surface area contributed by atoms with Gasteiger partial charge >= 0.3 is 0 Å². The molecule has 0 unspecified atom stereocenters. The van der Waals surface area contributed by atoms with E-state index in [2.05, 4.69) is 64.2 Å². The van der Waals surface area contributed by atoms with Crippen LogP contribution in [0.25, 0.3) is 10.9 Å². The van der Waals surface area contributed by atoms with E-state index in [1.165, 1.54) is 28.3 Å². The number of benzene rings is 1. The lowest BCUT2D eigenvalue weighted by molar-refractivity contribution is 0.0925. The molecule has 0 fully saturated rings. The lowest BCUT2D eigenvalue weighted by Gasteiger charge is -2.11. The Labute approximate surface area is 206 Å². The first-order valence-corrected chi connectivity index (χ1v) is 11.1. The number of carbonyl (C=O) groups is 1. The van der Waals surface area contributed by atoms with Gasteiger partial charge in [0.2, 0.25) is 0 Å². The zero-order chi connectivity index (χ0) is 22.1. The van der Waals surface area contributed by atoms with E-state index in [0.29, 0.717) is 18.8 Å². The summed E-state index contributed by atoms with van der Waals surface area (Å²) >= 11 is 0. The van der Waals surface area contributed by atoms with Crippen molar-refractivity contribution in [2.24, 2.45) is 4.99 Å². The molecule has 8 heteroatoms. The van der Waals surface area contributed by atoms with Gasteiger partial charge in [-0.15, -0.1) is 24.0 Å². The van der Waals surface area contributed by atoms with Gasteiger partial charge in [0.25, 0.3) is 5.91 Å². The van der Waals surface area contributed by atoms with E-state index in [9.17, 15) is 4.79 Å². The molecule has 0 saturated heterocycles. The van der Waals surface area contributed by atoms with Crippen LogP contribution >= 0.6 is 24.0 Å². The highest BCUT2D eigenvalue weighted by Gasteiger charge is 2.11. The fraction of sp³-hybridized carbons (Fsp3) is 0.417. The van der Waals surface area contributed by atoms with Crippen LogP contribution in [-0.4, -0.2) is 43.0 Å². The first kappa shape index (κ1) is 25.8. The average molecular weight is 551 g/mol. The summed E-state index contributed by atoms with van der Waals surface area (Å²) in [5.74, 6) is 0.994. The highest BCUT2D eigenvalue weighted by molar-refractivity contribution is 14.0. The molecule has 32 heavy (non-hydrogen) atoms. The molecule has 7 nitrogen and oxygen atoms in total. The maximum absolute atomic E-state index is 12.0. The lowest BCUT2D eigenvalue weighted by Crippen LogP contribution is -2.38. The monoisotopic (exact) mass is 551 g/mol. The van der Waals surface area contributed by atoms with Gasteiger partial charge < -0.3 is 25.4 Å². The van der Waals surface area contributed by atoms with Crippen molar-refractivity contribution in [3.63, 3.8) is 0 Å². The Bertz CT molecular complexity index is 1020. The minimum atomic E-state index is -0.179. The van der Waals surface area contributed by atoms with Crippen LogP contribution in [0.4, 0.5) is 0 Å². The number of hydrogen-bond donors (Lipinski definition) is 4. The smallest absolute Gasteiger partial charge is 0.287 e. The fourth-order valence-electron chi connectivity index (χ4n) is 3.59. The zero-order valence-corrected chi connectivity index (χ0v) is 21.4. The molecule has 1 amide bonds. The third-order valence-corrected chi connectivity index (χ3v) is 5.26. The number of aryl methyl sites for hydroxylation is 2. The number of H-pyrrole nitrogens is 1. The Balaban J connectivity index is 0.00000363. The van der Waals surface area contributed by atoms with Gasteiger partial charge in [-0.2, -0.15) is 0 Å². The van der Waals surface area contributed by atoms with Gasteiger partial charge in [0.1, 0.15) is 0 Å². The third kappa shape index (κ3) is 6.75. The summed E-state index contributed by atoms with van der Waals surface area (Å²) < 4.78 is 5.21. The number of carbonyl (C=O) groups excluding carboxylic acids is 1. The number of nitrogens with one attached hydrogen (secondary N) is 4. The number of nitrogens with zero attached hydrogens (tertiary/aromatic N) is 1. The Morgan fingerprint density at radius 3 is 2.66 bits per heavy atom. The van der Waals surface area contributed by atoms with Crippen molar-refractivity contribution in [2.75, 3.05) is 26.2 Å². The van der Waals surface area contributed by atoms with Gasteiger partial charge in [-0.25, -0.2) is 0 Å². The highest BCUT2D eigenvalue weighted by Crippen LogP contribution is 2.22. The Morgan fingerprint density at radius 2 is 1.94 bits per heavy atom. The molecular weight excluding hydrogens is 517 g/mol. The lowest BCUT2D eigenvalue weighted by atomic mass is 10.1. The summed E-state index contributed by atoms with van der Waals surface area (Å²) in [5, 5.41) is 10.9. The predicted octanol–water partition coefficient (Wildman–Crippen LogP) is 4.17. The molecule has 174 valence electrons. The molecular formula is C24H34IN5O2. The summed E-state index contributed by atoms with van der Waals surface area (Å²) in [4.78, 5) is 20.1. The topological polar surface area (TPSA) is 94.4 Å². The number of amides is 1. The predicted molar refractivity (Wildman–Crippen MR) is 141 cm³/mol. The molecule has 0 saturated carbocycles. The van der Waals surface area contributed by atoms with E-state index in [1.54, 1.807) is 6.07 Å². The minimum Gasteiger partial charge on any atom is -0.459 e. The first-order chi connectivity index (χ1) is 15.1. The van der Waals surface area contributed by atoms with Crippen LogP contribution in [0.1, 0.15) is 47.5 Å². The van der Waals surface area contributed by atoms with Gasteiger partial charge in [-0.3, -0.25) is 9.79 Å². The molecule has 0 spiro atoms. The van der Waals surface area contributed by atoms with Crippen molar-refractivity contribution < 1.29 is 9.21 Å². The van der Waals surface area contributed by atoms with Crippen LogP contribution in [0, 0.1) is 6.92 Å². The van der Waals surface area contributed by atoms with Crippen LogP contribution in [-0.2, 0) is 12.8 Å². The third-order valence-electron chi connectivity index (χ3n) is 5.26. The van der Waals surface area contributed by atoms with Crippen molar-refractivity contribution in [1.29, 1.82) is 0 Å². The number of aromatic amines is 1. The SMILES string of the molecule is CCNC(=NCCCNC(=O)c1occc1C)NCCc1c[nH]c2c(CC)cccc12.I. The van der Waals surface area contributed by atoms with Gasteiger partial charge in [0.05, 0.1) is 6.26 Å². The number of fused-ring (bicyclic) bond motifs is 1. The highest BCUT2D eigenvalue weighted by atomic mass is 127. The van der Waals surface area contributed by atoms with Crippen molar-refractivity contribution in [2.45, 2.75) is 40.0 Å².